The van der Waals surface area contributed by atoms with Gasteiger partial charge in [-0.05, 0) is 36.7 Å². The number of sulfone groups is 1. The fraction of sp³-hybridized carbons (Fsp3) is 0.143. The van der Waals surface area contributed by atoms with E-state index >= 15 is 0 Å². The predicted molar refractivity (Wildman–Crippen MR) is 85.8 cm³/mol. The average Bonchev–Trinajstić information content (AvgIpc) is 3.02. The molecule has 0 saturated heterocycles. The van der Waals surface area contributed by atoms with E-state index in [2.05, 4.69) is 4.98 Å². The summed E-state index contributed by atoms with van der Waals surface area (Å²) in [4.78, 5) is 3.22. The molecule has 0 fully saturated rings. The molecule has 0 aliphatic carbocycles. The summed E-state index contributed by atoms with van der Waals surface area (Å²) in [5.41, 5.74) is 7.42. The molecule has 4 nitrogen and oxygen atoms in total. The molecular formula is C14H13ClN2O2S2. The Hall–Kier alpha value is -1.34. The quantitative estimate of drug-likeness (QED) is 0.765. The first-order valence-electron chi connectivity index (χ1n) is 6.33. The summed E-state index contributed by atoms with van der Waals surface area (Å²) < 4.78 is 26.6. The molecule has 0 spiro atoms. The number of aromatic nitrogens is 1. The number of hydrogen-bond donors (Lipinski definition) is 2. The van der Waals surface area contributed by atoms with Crippen molar-refractivity contribution in [2.75, 3.05) is 6.54 Å². The third-order valence-electron chi connectivity index (χ3n) is 3.21. The molecule has 2 heterocycles. The first-order chi connectivity index (χ1) is 10.0. The number of thiophene rings is 1. The Labute approximate surface area is 131 Å². The smallest absolute Gasteiger partial charge is 0.217 e. The normalized spacial score (nSPS) is 12.1. The third kappa shape index (κ3) is 2.48. The third-order valence-corrected chi connectivity index (χ3v) is 7.15. The fourth-order valence-corrected chi connectivity index (χ4v) is 5.56. The van der Waals surface area contributed by atoms with E-state index < -0.39 is 9.84 Å². The lowest BCUT2D eigenvalue weighted by atomic mass is 10.2. The van der Waals surface area contributed by atoms with Crippen molar-refractivity contribution in [3.05, 3.63) is 47.1 Å². The van der Waals surface area contributed by atoms with Crippen molar-refractivity contribution in [3.8, 4) is 0 Å². The van der Waals surface area contributed by atoms with Crippen LogP contribution in [0.2, 0.25) is 5.02 Å². The number of nitrogens with one attached hydrogen (secondary N) is 1. The van der Waals surface area contributed by atoms with Crippen LogP contribution in [-0.2, 0) is 16.3 Å². The van der Waals surface area contributed by atoms with E-state index in [0.717, 1.165) is 15.8 Å². The Morgan fingerprint density at radius 1 is 1.29 bits per heavy atom. The largest absolute Gasteiger partial charge is 0.360 e. The fourth-order valence-electron chi connectivity index (χ4n) is 2.19. The molecule has 0 aliphatic heterocycles. The number of benzene rings is 1. The number of H-pyrrole nitrogens is 1. The lowest BCUT2D eigenvalue weighted by Gasteiger charge is -2.03. The van der Waals surface area contributed by atoms with E-state index in [4.69, 9.17) is 17.3 Å². The van der Waals surface area contributed by atoms with Gasteiger partial charge in [-0.3, -0.25) is 0 Å². The molecule has 0 radical (unpaired) electrons. The zero-order valence-corrected chi connectivity index (χ0v) is 13.4. The van der Waals surface area contributed by atoms with Crippen LogP contribution >= 0.6 is 22.9 Å². The van der Waals surface area contributed by atoms with E-state index in [0.29, 0.717) is 13.0 Å². The Balaban J connectivity index is 2.13. The first kappa shape index (κ1) is 14.6. The highest BCUT2D eigenvalue weighted by Crippen LogP contribution is 2.36. The van der Waals surface area contributed by atoms with E-state index in [9.17, 15) is 8.42 Å². The van der Waals surface area contributed by atoms with Gasteiger partial charge in [0, 0.05) is 6.20 Å². The van der Waals surface area contributed by atoms with Gasteiger partial charge in [0.2, 0.25) is 9.84 Å². The predicted octanol–water partition coefficient (Wildman–Crippen LogP) is 3.22. The highest BCUT2D eigenvalue weighted by molar-refractivity contribution is 7.93. The molecule has 7 heteroatoms. The van der Waals surface area contributed by atoms with Crippen LogP contribution in [0.3, 0.4) is 0 Å². The summed E-state index contributed by atoms with van der Waals surface area (Å²) in [6.45, 7) is 0.525. The minimum Gasteiger partial charge on any atom is -0.360 e. The lowest BCUT2D eigenvalue weighted by Crippen LogP contribution is -2.01. The summed E-state index contributed by atoms with van der Waals surface area (Å²) >= 11 is 7.26. The zero-order chi connectivity index (χ0) is 15.0. The van der Waals surface area contributed by atoms with Gasteiger partial charge in [0.05, 0.1) is 20.1 Å². The molecule has 3 N–H and O–H groups in total. The highest BCUT2D eigenvalue weighted by Gasteiger charge is 2.24. The van der Waals surface area contributed by atoms with Gasteiger partial charge >= 0.3 is 0 Å². The standard InChI is InChI=1S/C14H13ClN2O2S2/c15-10-3-1-2-4-12(10)21(18,19)13-7-11-14(20-13)9(5-6-16)8-17-11/h1-4,7-8,17H,5-6,16H2. The lowest BCUT2D eigenvalue weighted by molar-refractivity contribution is 0.598. The van der Waals surface area contributed by atoms with Crippen molar-refractivity contribution in [1.29, 1.82) is 0 Å². The van der Waals surface area contributed by atoms with E-state index in [1.54, 1.807) is 24.3 Å². The summed E-state index contributed by atoms with van der Waals surface area (Å²) in [5, 5.41) is 0.233. The van der Waals surface area contributed by atoms with Gasteiger partial charge in [-0.15, -0.1) is 11.3 Å². The van der Waals surface area contributed by atoms with Crippen molar-refractivity contribution < 1.29 is 8.42 Å². The molecule has 0 bridgehead atoms. The molecule has 1 aromatic carbocycles. The Morgan fingerprint density at radius 3 is 2.76 bits per heavy atom. The topological polar surface area (TPSA) is 76.0 Å². The van der Waals surface area contributed by atoms with Gasteiger partial charge in [0.1, 0.15) is 4.21 Å². The second kappa shape index (κ2) is 5.46. The Kier molecular flexibility index (Phi) is 3.79. The first-order valence-corrected chi connectivity index (χ1v) is 9.01. The molecule has 0 unspecified atom stereocenters. The van der Waals surface area contributed by atoms with E-state index in [-0.39, 0.29) is 14.1 Å². The van der Waals surface area contributed by atoms with Crippen molar-refractivity contribution in [2.24, 2.45) is 5.73 Å². The molecule has 0 aliphatic rings. The van der Waals surface area contributed by atoms with Crippen LogP contribution in [0.25, 0.3) is 10.2 Å². The monoisotopic (exact) mass is 340 g/mol. The molecule has 3 rings (SSSR count). The second-order valence-corrected chi connectivity index (χ2v) is 8.20. The van der Waals surface area contributed by atoms with Crippen LogP contribution < -0.4 is 5.73 Å². The molecule has 21 heavy (non-hydrogen) atoms. The Morgan fingerprint density at radius 2 is 2.05 bits per heavy atom. The number of rotatable bonds is 4. The summed E-state index contributed by atoms with van der Waals surface area (Å²) in [6.07, 6.45) is 2.59. The molecule has 0 saturated carbocycles. The maximum atomic E-state index is 12.7. The minimum atomic E-state index is -3.60. The van der Waals surface area contributed by atoms with Gasteiger partial charge in [-0.25, -0.2) is 8.42 Å². The van der Waals surface area contributed by atoms with Gasteiger partial charge in [0.25, 0.3) is 0 Å². The highest BCUT2D eigenvalue weighted by atomic mass is 35.5. The Bertz CT molecular complexity index is 897. The van der Waals surface area contributed by atoms with Crippen LogP contribution in [0, 0.1) is 0 Å². The van der Waals surface area contributed by atoms with Crippen LogP contribution in [0.15, 0.2) is 45.6 Å². The molecule has 0 amide bonds. The summed E-state index contributed by atoms with van der Waals surface area (Å²) in [5.74, 6) is 0. The number of nitrogens with two attached hydrogens (primary N) is 1. The molecular weight excluding hydrogens is 328 g/mol. The van der Waals surface area contributed by atoms with Crippen LogP contribution in [0.5, 0.6) is 0 Å². The maximum absolute atomic E-state index is 12.7. The van der Waals surface area contributed by atoms with Gasteiger partial charge < -0.3 is 10.7 Å². The van der Waals surface area contributed by atoms with Gasteiger partial charge in [-0.1, -0.05) is 23.7 Å². The maximum Gasteiger partial charge on any atom is 0.217 e. The number of fused-ring (bicyclic) bond motifs is 1. The number of aromatic amines is 1. The van der Waals surface area contributed by atoms with Crippen molar-refractivity contribution in [3.63, 3.8) is 0 Å². The van der Waals surface area contributed by atoms with E-state index in [1.165, 1.54) is 17.4 Å². The van der Waals surface area contributed by atoms with Crippen LogP contribution in [0.4, 0.5) is 0 Å². The van der Waals surface area contributed by atoms with Crippen LogP contribution in [0.1, 0.15) is 5.56 Å². The molecule has 3 aromatic rings. The molecule has 0 atom stereocenters. The second-order valence-electron chi connectivity index (χ2n) is 4.59. The number of halogens is 1. The van der Waals surface area contributed by atoms with E-state index in [1.807, 2.05) is 6.20 Å². The van der Waals surface area contributed by atoms with Crippen molar-refractivity contribution in [2.45, 2.75) is 15.5 Å². The summed E-state index contributed by atoms with van der Waals surface area (Å²) in [7, 11) is -3.60. The summed E-state index contributed by atoms with van der Waals surface area (Å²) in [6, 6.07) is 8.12. The van der Waals surface area contributed by atoms with Crippen LogP contribution in [-0.4, -0.2) is 19.9 Å². The van der Waals surface area contributed by atoms with Gasteiger partial charge in [0.15, 0.2) is 0 Å². The zero-order valence-electron chi connectivity index (χ0n) is 11.0. The molecule has 110 valence electrons. The van der Waals surface area contributed by atoms with Crippen molar-refractivity contribution in [1.82, 2.24) is 4.98 Å². The molecule has 2 aromatic heterocycles. The minimum absolute atomic E-state index is 0.135. The number of hydrogen-bond acceptors (Lipinski definition) is 4. The van der Waals surface area contributed by atoms with Crippen molar-refractivity contribution >= 4 is 43.0 Å². The SMILES string of the molecule is NCCc1c[nH]c2cc(S(=O)(=O)c3ccccc3Cl)sc12. The average molecular weight is 341 g/mol. The van der Waals surface area contributed by atoms with Gasteiger partial charge in [-0.2, -0.15) is 0 Å².